The first-order valence-corrected chi connectivity index (χ1v) is 6.24. The molecule has 17 heavy (non-hydrogen) atoms. The van der Waals surface area contributed by atoms with Crippen molar-refractivity contribution in [2.45, 2.75) is 6.92 Å². The third-order valence-electron chi connectivity index (χ3n) is 2.84. The van der Waals surface area contributed by atoms with Crippen LogP contribution in [0.2, 0.25) is 0 Å². The van der Waals surface area contributed by atoms with Crippen LogP contribution in [0.3, 0.4) is 0 Å². The second kappa shape index (κ2) is 4.00. The maximum absolute atomic E-state index is 4.62. The Morgan fingerprint density at radius 2 is 1.82 bits per heavy atom. The number of pyridine rings is 1. The zero-order valence-electron chi connectivity index (χ0n) is 9.39. The smallest absolute Gasteiger partial charge is 0.137 e. The largest absolute Gasteiger partial charge is 0.304 e. The molecule has 1 aromatic carbocycles. The van der Waals surface area contributed by atoms with Gasteiger partial charge in [-0.15, -0.1) is 0 Å². The summed E-state index contributed by atoms with van der Waals surface area (Å²) in [6.45, 7) is 2.08. The number of aromatic nitrogens is 2. The van der Waals surface area contributed by atoms with Crippen molar-refractivity contribution in [2.75, 3.05) is 0 Å². The first-order chi connectivity index (χ1) is 8.24. The maximum atomic E-state index is 4.62. The van der Waals surface area contributed by atoms with Crippen LogP contribution >= 0.6 is 15.9 Å². The van der Waals surface area contributed by atoms with Gasteiger partial charge in [0.25, 0.3) is 0 Å². The molecule has 0 spiro atoms. The van der Waals surface area contributed by atoms with Crippen molar-refractivity contribution in [1.29, 1.82) is 0 Å². The zero-order valence-corrected chi connectivity index (χ0v) is 11.0. The van der Waals surface area contributed by atoms with E-state index in [0.717, 1.165) is 21.4 Å². The fourth-order valence-electron chi connectivity index (χ4n) is 1.91. The zero-order chi connectivity index (χ0) is 11.8. The van der Waals surface area contributed by atoms with Gasteiger partial charge < -0.3 is 4.40 Å². The SMILES string of the molecule is Cc1cccc2nc(-c3ccc(Br)cc3)cn12. The first kappa shape index (κ1) is 10.5. The number of aryl methyl sites for hydroxylation is 1. The Labute approximate surface area is 108 Å². The molecule has 2 nitrogen and oxygen atoms in total. The van der Waals surface area contributed by atoms with E-state index in [1.165, 1.54) is 5.69 Å². The van der Waals surface area contributed by atoms with Crippen LogP contribution in [-0.2, 0) is 0 Å². The normalized spacial score (nSPS) is 10.9. The Kier molecular flexibility index (Phi) is 2.48. The summed E-state index contributed by atoms with van der Waals surface area (Å²) in [5, 5.41) is 0. The van der Waals surface area contributed by atoms with Crippen molar-refractivity contribution in [2.24, 2.45) is 0 Å². The summed E-state index contributed by atoms with van der Waals surface area (Å²) in [6, 6.07) is 14.3. The van der Waals surface area contributed by atoms with E-state index in [0.29, 0.717) is 0 Å². The number of fused-ring (bicyclic) bond motifs is 1. The summed E-state index contributed by atoms with van der Waals surface area (Å²) in [7, 11) is 0. The van der Waals surface area contributed by atoms with Crippen molar-refractivity contribution in [3.05, 3.63) is 58.8 Å². The molecule has 0 fully saturated rings. The van der Waals surface area contributed by atoms with E-state index < -0.39 is 0 Å². The Morgan fingerprint density at radius 3 is 2.53 bits per heavy atom. The van der Waals surface area contributed by atoms with Crippen LogP contribution in [0.15, 0.2) is 53.1 Å². The second-order valence-electron chi connectivity index (χ2n) is 4.03. The minimum atomic E-state index is 0.989. The molecule has 0 aliphatic rings. The quantitative estimate of drug-likeness (QED) is 0.659. The van der Waals surface area contributed by atoms with Crippen molar-refractivity contribution >= 4 is 21.6 Å². The molecule has 3 heteroatoms. The number of halogens is 1. The molecule has 2 heterocycles. The van der Waals surface area contributed by atoms with E-state index in [2.05, 4.69) is 56.6 Å². The second-order valence-corrected chi connectivity index (χ2v) is 4.94. The van der Waals surface area contributed by atoms with Crippen LogP contribution in [-0.4, -0.2) is 9.38 Å². The summed E-state index contributed by atoms with van der Waals surface area (Å²) >= 11 is 3.44. The molecule has 0 unspecified atom stereocenters. The highest BCUT2D eigenvalue weighted by Gasteiger charge is 2.04. The van der Waals surface area contributed by atoms with Crippen LogP contribution in [0.4, 0.5) is 0 Å². The summed E-state index contributed by atoms with van der Waals surface area (Å²) in [5.41, 5.74) is 4.32. The molecule has 0 bridgehead atoms. The molecule has 2 aromatic heterocycles. The molecule has 84 valence electrons. The van der Waals surface area contributed by atoms with Crippen molar-refractivity contribution in [1.82, 2.24) is 9.38 Å². The molecule has 0 radical (unpaired) electrons. The van der Waals surface area contributed by atoms with Gasteiger partial charge in [0.05, 0.1) is 5.69 Å². The van der Waals surface area contributed by atoms with E-state index in [1.54, 1.807) is 0 Å². The molecule has 0 saturated carbocycles. The number of rotatable bonds is 1. The summed E-state index contributed by atoms with van der Waals surface area (Å²) in [5.74, 6) is 0. The molecule has 0 saturated heterocycles. The number of hydrogen-bond acceptors (Lipinski definition) is 1. The Hall–Kier alpha value is -1.61. The molecular weight excluding hydrogens is 276 g/mol. The lowest BCUT2D eigenvalue weighted by atomic mass is 10.2. The van der Waals surface area contributed by atoms with E-state index in [-0.39, 0.29) is 0 Å². The van der Waals surface area contributed by atoms with Gasteiger partial charge >= 0.3 is 0 Å². The van der Waals surface area contributed by atoms with E-state index in [1.807, 2.05) is 24.3 Å². The van der Waals surface area contributed by atoms with Gasteiger partial charge in [0.15, 0.2) is 0 Å². The van der Waals surface area contributed by atoms with Gasteiger partial charge in [0.1, 0.15) is 5.65 Å². The summed E-state index contributed by atoms with van der Waals surface area (Å²) in [6.07, 6.45) is 2.08. The fraction of sp³-hybridized carbons (Fsp3) is 0.0714. The Balaban J connectivity index is 2.18. The van der Waals surface area contributed by atoms with E-state index >= 15 is 0 Å². The highest BCUT2D eigenvalue weighted by Crippen LogP contribution is 2.22. The Bertz CT molecular complexity index is 668. The lowest BCUT2D eigenvalue weighted by Gasteiger charge is -1.96. The van der Waals surface area contributed by atoms with E-state index in [9.17, 15) is 0 Å². The van der Waals surface area contributed by atoms with Gasteiger partial charge in [-0.25, -0.2) is 4.98 Å². The highest BCUT2D eigenvalue weighted by molar-refractivity contribution is 9.10. The Morgan fingerprint density at radius 1 is 1.06 bits per heavy atom. The third kappa shape index (κ3) is 1.87. The van der Waals surface area contributed by atoms with Gasteiger partial charge in [0, 0.05) is 21.9 Å². The lowest BCUT2D eigenvalue weighted by molar-refractivity contribution is 1.09. The van der Waals surface area contributed by atoms with Gasteiger partial charge in [-0.2, -0.15) is 0 Å². The van der Waals surface area contributed by atoms with Gasteiger partial charge in [-0.3, -0.25) is 0 Å². The van der Waals surface area contributed by atoms with Crippen LogP contribution < -0.4 is 0 Å². The molecular formula is C14H11BrN2. The fourth-order valence-corrected chi connectivity index (χ4v) is 2.17. The van der Waals surface area contributed by atoms with E-state index in [4.69, 9.17) is 0 Å². The molecule has 0 atom stereocenters. The summed E-state index contributed by atoms with van der Waals surface area (Å²) < 4.78 is 3.19. The van der Waals surface area contributed by atoms with Crippen molar-refractivity contribution in [3.63, 3.8) is 0 Å². The average Bonchev–Trinajstić information content (AvgIpc) is 2.75. The molecule has 3 rings (SSSR count). The molecule has 0 amide bonds. The maximum Gasteiger partial charge on any atom is 0.137 e. The standard InChI is InChI=1S/C14H11BrN2/c1-10-3-2-4-14-16-13(9-17(10)14)11-5-7-12(15)8-6-11/h2-9H,1H3. The molecule has 0 aliphatic heterocycles. The first-order valence-electron chi connectivity index (χ1n) is 5.45. The van der Waals surface area contributed by atoms with Gasteiger partial charge in [0.2, 0.25) is 0 Å². The monoisotopic (exact) mass is 286 g/mol. The number of hydrogen-bond donors (Lipinski definition) is 0. The van der Waals surface area contributed by atoms with Crippen molar-refractivity contribution in [3.8, 4) is 11.3 Å². The minimum Gasteiger partial charge on any atom is -0.304 e. The van der Waals surface area contributed by atoms with Gasteiger partial charge in [-0.05, 0) is 31.2 Å². The summed E-state index contributed by atoms with van der Waals surface area (Å²) in [4.78, 5) is 4.62. The third-order valence-corrected chi connectivity index (χ3v) is 3.36. The predicted molar refractivity (Wildman–Crippen MR) is 73.1 cm³/mol. The predicted octanol–water partition coefficient (Wildman–Crippen LogP) is 4.07. The van der Waals surface area contributed by atoms with Crippen LogP contribution in [0, 0.1) is 6.92 Å². The van der Waals surface area contributed by atoms with Crippen molar-refractivity contribution < 1.29 is 0 Å². The minimum absolute atomic E-state index is 0.989. The van der Waals surface area contributed by atoms with Crippen LogP contribution in [0.5, 0.6) is 0 Å². The highest BCUT2D eigenvalue weighted by atomic mass is 79.9. The van der Waals surface area contributed by atoms with Crippen LogP contribution in [0.1, 0.15) is 5.69 Å². The van der Waals surface area contributed by atoms with Gasteiger partial charge in [-0.1, -0.05) is 34.1 Å². The average molecular weight is 287 g/mol. The number of nitrogens with zero attached hydrogens (tertiary/aromatic N) is 2. The molecule has 0 aliphatic carbocycles. The molecule has 3 aromatic rings. The topological polar surface area (TPSA) is 17.3 Å². The number of imidazole rings is 1. The van der Waals surface area contributed by atoms with Crippen LogP contribution in [0.25, 0.3) is 16.9 Å². The lowest BCUT2D eigenvalue weighted by Crippen LogP contribution is -1.86. The molecule has 0 N–H and O–H groups in total. The number of benzene rings is 1.